The molecule has 0 atom stereocenters. The van der Waals surface area contributed by atoms with E-state index < -0.39 is 39.7 Å². The fourth-order valence-corrected chi connectivity index (χ4v) is 3.84. The van der Waals surface area contributed by atoms with Gasteiger partial charge in [0.25, 0.3) is 0 Å². The molecule has 2 aromatic carbocycles. The van der Waals surface area contributed by atoms with E-state index in [9.17, 15) is 22.0 Å². The summed E-state index contributed by atoms with van der Waals surface area (Å²) < 4.78 is 55.2. The molecule has 0 unspecified atom stereocenters. The Labute approximate surface area is 164 Å². The van der Waals surface area contributed by atoms with Crippen molar-refractivity contribution in [1.29, 1.82) is 0 Å². The predicted octanol–water partition coefficient (Wildman–Crippen LogP) is 3.85. The van der Waals surface area contributed by atoms with Gasteiger partial charge in [0.15, 0.2) is 0 Å². The highest BCUT2D eigenvalue weighted by Crippen LogP contribution is 2.30. The van der Waals surface area contributed by atoms with Crippen molar-refractivity contribution < 1.29 is 26.7 Å². The first kappa shape index (κ1) is 21.4. The highest BCUT2D eigenvalue weighted by atomic mass is 35.5. The Morgan fingerprint density at radius 3 is 2.33 bits per heavy atom. The van der Waals surface area contributed by atoms with Crippen LogP contribution in [0.15, 0.2) is 47.4 Å². The Kier molecular flexibility index (Phi) is 6.99. The minimum Gasteiger partial charge on any atom is -0.433 e. The number of alkyl halides is 2. The Hall–Kier alpha value is -1.94. The smallest absolute Gasteiger partial charge is 0.387 e. The van der Waals surface area contributed by atoms with Crippen molar-refractivity contribution in [2.45, 2.75) is 11.5 Å². The van der Waals surface area contributed by atoms with Gasteiger partial charge in [-0.1, -0.05) is 41.4 Å². The Bertz CT molecular complexity index is 922. The van der Waals surface area contributed by atoms with Gasteiger partial charge >= 0.3 is 6.61 Å². The third kappa shape index (κ3) is 5.29. The minimum absolute atomic E-state index is 0.137. The summed E-state index contributed by atoms with van der Waals surface area (Å²) >= 11 is 11.9. The zero-order valence-electron chi connectivity index (χ0n) is 13.8. The molecule has 0 heterocycles. The lowest BCUT2D eigenvalue weighted by Crippen LogP contribution is -2.35. The summed E-state index contributed by atoms with van der Waals surface area (Å²) in [5, 5.41) is 2.78. The molecule has 0 saturated heterocycles. The molecule has 0 aromatic heterocycles. The number of nitrogens with zero attached hydrogens (tertiary/aromatic N) is 1. The van der Waals surface area contributed by atoms with Crippen LogP contribution < -0.4 is 10.1 Å². The molecule has 0 bridgehead atoms. The van der Waals surface area contributed by atoms with Crippen LogP contribution in [0.4, 0.5) is 14.5 Å². The number of hydrogen-bond donors (Lipinski definition) is 1. The molecule has 2 rings (SSSR count). The number of amides is 1. The van der Waals surface area contributed by atoms with Crippen LogP contribution in [-0.4, -0.2) is 38.8 Å². The van der Waals surface area contributed by atoms with Gasteiger partial charge < -0.3 is 10.1 Å². The lowest BCUT2D eigenvalue weighted by Gasteiger charge is -2.19. The van der Waals surface area contributed by atoms with E-state index in [-0.39, 0.29) is 15.7 Å². The molecule has 0 spiro atoms. The summed E-state index contributed by atoms with van der Waals surface area (Å²) in [6.07, 6.45) is 0. The fraction of sp³-hybridized carbons (Fsp3) is 0.188. The minimum atomic E-state index is -4.27. The van der Waals surface area contributed by atoms with Crippen molar-refractivity contribution in [1.82, 2.24) is 4.31 Å². The third-order valence-corrected chi connectivity index (χ3v) is 5.82. The van der Waals surface area contributed by atoms with E-state index >= 15 is 0 Å². The van der Waals surface area contributed by atoms with Gasteiger partial charge in [-0.2, -0.15) is 13.1 Å². The Morgan fingerprint density at radius 2 is 1.74 bits per heavy atom. The molecule has 6 nitrogen and oxygen atoms in total. The number of carbonyl (C=O) groups is 1. The molecule has 146 valence electrons. The summed E-state index contributed by atoms with van der Waals surface area (Å²) in [7, 11) is -3.15. The van der Waals surface area contributed by atoms with Gasteiger partial charge in [0, 0.05) is 7.05 Å². The lowest BCUT2D eigenvalue weighted by molar-refractivity contribution is -0.116. The highest BCUT2D eigenvalue weighted by molar-refractivity contribution is 7.89. The van der Waals surface area contributed by atoms with Crippen LogP contribution in [0.1, 0.15) is 0 Å². The zero-order chi connectivity index (χ0) is 20.2. The average molecular weight is 439 g/mol. The van der Waals surface area contributed by atoms with Crippen molar-refractivity contribution >= 4 is 44.8 Å². The number of anilines is 1. The summed E-state index contributed by atoms with van der Waals surface area (Å²) in [5.41, 5.74) is 0.137. The SMILES string of the molecule is CN(CC(=O)Nc1c(Cl)cccc1Cl)S(=O)(=O)c1ccccc1OC(F)F. The van der Waals surface area contributed by atoms with Crippen LogP contribution in [-0.2, 0) is 14.8 Å². The molecule has 0 aliphatic rings. The monoisotopic (exact) mass is 438 g/mol. The van der Waals surface area contributed by atoms with Gasteiger partial charge in [-0.15, -0.1) is 0 Å². The van der Waals surface area contributed by atoms with Crippen molar-refractivity contribution in [3.63, 3.8) is 0 Å². The van der Waals surface area contributed by atoms with Gasteiger partial charge in [-0.05, 0) is 24.3 Å². The average Bonchev–Trinajstić information content (AvgIpc) is 2.58. The van der Waals surface area contributed by atoms with Crippen molar-refractivity contribution in [3.8, 4) is 5.75 Å². The van der Waals surface area contributed by atoms with Crippen LogP contribution in [0.5, 0.6) is 5.75 Å². The van der Waals surface area contributed by atoms with Crippen LogP contribution in [0, 0.1) is 0 Å². The first-order valence-corrected chi connectivity index (χ1v) is 9.56. The second-order valence-corrected chi connectivity index (χ2v) is 8.06. The summed E-state index contributed by atoms with van der Waals surface area (Å²) in [4.78, 5) is 11.7. The first-order valence-electron chi connectivity index (χ1n) is 7.37. The summed E-state index contributed by atoms with van der Waals surface area (Å²) in [6.45, 7) is -3.80. The predicted molar refractivity (Wildman–Crippen MR) is 98.0 cm³/mol. The Morgan fingerprint density at radius 1 is 1.15 bits per heavy atom. The number of rotatable bonds is 7. The van der Waals surface area contributed by atoms with Gasteiger partial charge in [0.2, 0.25) is 15.9 Å². The van der Waals surface area contributed by atoms with Crippen molar-refractivity contribution in [3.05, 3.63) is 52.5 Å². The number of nitrogens with one attached hydrogen (secondary N) is 1. The lowest BCUT2D eigenvalue weighted by atomic mass is 10.3. The van der Waals surface area contributed by atoms with Crippen molar-refractivity contribution in [2.75, 3.05) is 18.9 Å². The number of para-hydroxylation sites is 2. The number of ether oxygens (including phenoxy) is 1. The van der Waals surface area contributed by atoms with Crippen LogP contribution >= 0.6 is 23.2 Å². The molecule has 1 amide bonds. The second-order valence-electron chi connectivity index (χ2n) is 5.23. The zero-order valence-corrected chi connectivity index (χ0v) is 16.2. The van der Waals surface area contributed by atoms with Gasteiger partial charge in [0.1, 0.15) is 10.6 Å². The van der Waals surface area contributed by atoms with Gasteiger partial charge in [-0.3, -0.25) is 4.79 Å². The van der Waals surface area contributed by atoms with Crippen LogP contribution in [0.25, 0.3) is 0 Å². The van der Waals surface area contributed by atoms with Crippen LogP contribution in [0.2, 0.25) is 10.0 Å². The number of benzene rings is 2. The molecular weight excluding hydrogens is 425 g/mol. The maximum Gasteiger partial charge on any atom is 0.387 e. The van der Waals surface area contributed by atoms with E-state index in [4.69, 9.17) is 23.2 Å². The summed E-state index contributed by atoms with van der Waals surface area (Å²) in [6, 6.07) is 9.48. The second kappa shape index (κ2) is 8.83. The van der Waals surface area contributed by atoms with Gasteiger partial charge in [-0.25, -0.2) is 8.42 Å². The molecule has 27 heavy (non-hydrogen) atoms. The molecule has 11 heteroatoms. The molecule has 1 N–H and O–H groups in total. The normalized spacial score (nSPS) is 11.7. The molecule has 0 aliphatic heterocycles. The third-order valence-electron chi connectivity index (χ3n) is 3.35. The molecule has 0 aliphatic carbocycles. The quantitative estimate of drug-likeness (QED) is 0.711. The first-order chi connectivity index (χ1) is 12.6. The summed E-state index contributed by atoms with van der Waals surface area (Å²) in [5.74, 6) is -1.24. The molecule has 0 fully saturated rings. The maximum atomic E-state index is 12.6. The van der Waals surface area contributed by atoms with E-state index in [1.54, 1.807) is 6.07 Å². The number of carbonyl (C=O) groups excluding carboxylic acids is 1. The molecule has 2 aromatic rings. The number of hydrogen-bond acceptors (Lipinski definition) is 4. The highest BCUT2D eigenvalue weighted by Gasteiger charge is 2.27. The fourth-order valence-electron chi connectivity index (χ4n) is 2.11. The maximum absolute atomic E-state index is 12.6. The molecule has 0 saturated carbocycles. The standard InChI is InChI=1S/C16H14Cl2F2N2O4S/c1-22(9-14(23)21-15-10(17)5-4-6-11(15)18)27(24,25)13-8-3-2-7-12(13)26-16(19)20/h2-8,16H,9H2,1H3,(H,21,23). The van der Waals surface area contributed by atoms with E-state index in [0.29, 0.717) is 4.31 Å². The topological polar surface area (TPSA) is 75.7 Å². The Balaban J connectivity index is 2.19. The van der Waals surface area contributed by atoms with E-state index in [2.05, 4.69) is 10.1 Å². The number of sulfonamides is 1. The van der Waals surface area contributed by atoms with E-state index in [1.165, 1.54) is 24.3 Å². The molecular formula is C16H14Cl2F2N2O4S. The number of likely N-dealkylation sites (N-methyl/N-ethyl adjacent to an activating group) is 1. The molecule has 0 radical (unpaired) electrons. The van der Waals surface area contributed by atoms with Crippen molar-refractivity contribution in [2.24, 2.45) is 0 Å². The largest absolute Gasteiger partial charge is 0.433 e. The van der Waals surface area contributed by atoms with E-state index in [1.807, 2.05) is 0 Å². The van der Waals surface area contributed by atoms with Crippen LogP contribution in [0.3, 0.4) is 0 Å². The van der Waals surface area contributed by atoms with E-state index in [0.717, 1.165) is 19.2 Å². The number of halogens is 4. The van der Waals surface area contributed by atoms with Gasteiger partial charge in [0.05, 0.1) is 22.3 Å².